The Labute approximate surface area is 255 Å². The van der Waals surface area contributed by atoms with Crippen LogP contribution in [0.3, 0.4) is 0 Å². The van der Waals surface area contributed by atoms with E-state index in [0.29, 0.717) is 16.6 Å². The van der Waals surface area contributed by atoms with Crippen LogP contribution < -0.4 is 10.6 Å². The van der Waals surface area contributed by atoms with Gasteiger partial charge in [-0.3, -0.25) is 14.6 Å². The Morgan fingerprint density at radius 3 is 2.33 bits per heavy atom. The largest absolute Gasteiger partial charge is 0.481 e. The Morgan fingerprint density at radius 2 is 1.64 bits per heavy atom. The lowest BCUT2D eigenvalue weighted by molar-refractivity contribution is -0.136. The quantitative estimate of drug-likeness (QED) is 0.170. The van der Waals surface area contributed by atoms with Gasteiger partial charge in [0.1, 0.15) is 5.69 Å². The van der Waals surface area contributed by atoms with Crippen molar-refractivity contribution in [3.8, 4) is 22.3 Å². The molecule has 0 fully saturated rings. The van der Waals surface area contributed by atoms with Gasteiger partial charge in [-0.25, -0.2) is 0 Å². The third-order valence-electron chi connectivity index (χ3n) is 7.31. The van der Waals surface area contributed by atoms with Gasteiger partial charge in [-0.15, -0.1) is 0 Å². The van der Waals surface area contributed by atoms with Crippen molar-refractivity contribution in [2.75, 3.05) is 11.9 Å². The minimum atomic E-state index is -0.963. The van der Waals surface area contributed by atoms with Crippen LogP contribution in [0.4, 0.5) is 5.69 Å². The zero-order valence-electron chi connectivity index (χ0n) is 23.0. The van der Waals surface area contributed by atoms with Gasteiger partial charge in [0.15, 0.2) is 0 Å². The minimum Gasteiger partial charge on any atom is -0.481 e. The molecule has 0 unspecified atom stereocenters. The number of carbonyl (C=O) groups is 2. The van der Waals surface area contributed by atoms with Gasteiger partial charge in [0.2, 0.25) is 0 Å². The molecule has 0 saturated heterocycles. The van der Waals surface area contributed by atoms with Crippen LogP contribution in [0.5, 0.6) is 0 Å². The van der Waals surface area contributed by atoms with Crippen molar-refractivity contribution in [2.24, 2.45) is 0 Å². The standard InChI is InChI=1S/C34H31Cl2N3O3/c35-27-11-14-29(31(36)19-27)23-8-12-28(13-9-23)38-20-25-7-6-24(22-4-2-1-3-5-22)18-30(25)26-10-15-32(39-21-26)34(42)37-17-16-33(40)41/h4,6-15,18-19,21,38H,1-3,5,16-17,20H2,(H,37,42)(H,40,41). The van der Waals surface area contributed by atoms with Gasteiger partial charge in [0, 0.05) is 46.1 Å². The maximum atomic E-state index is 12.4. The Kier molecular flexibility index (Phi) is 9.57. The lowest BCUT2D eigenvalue weighted by Crippen LogP contribution is -2.26. The normalized spacial score (nSPS) is 12.9. The molecule has 0 atom stereocenters. The molecule has 0 bridgehead atoms. The lowest BCUT2D eigenvalue weighted by atomic mass is 9.90. The number of carboxylic acids is 1. The van der Waals surface area contributed by atoms with E-state index < -0.39 is 11.9 Å². The number of amides is 1. The molecule has 1 heterocycles. The van der Waals surface area contributed by atoms with Crippen LogP contribution in [0.2, 0.25) is 10.0 Å². The first-order chi connectivity index (χ1) is 20.4. The van der Waals surface area contributed by atoms with Crippen LogP contribution in [0.15, 0.2) is 85.1 Å². The number of carbonyl (C=O) groups excluding carboxylic acids is 1. The summed E-state index contributed by atoms with van der Waals surface area (Å²) < 4.78 is 0. The highest BCUT2D eigenvalue weighted by Gasteiger charge is 2.14. The first-order valence-corrected chi connectivity index (χ1v) is 14.7. The second-order valence-electron chi connectivity index (χ2n) is 10.2. The monoisotopic (exact) mass is 599 g/mol. The molecule has 214 valence electrons. The average molecular weight is 601 g/mol. The van der Waals surface area contributed by atoms with Gasteiger partial charge < -0.3 is 15.7 Å². The summed E-state index contributed by atoms with van der Waals surface area (Å²) in [6.07, 6.45) is 8.47. The molecule has 1 aliphatic carbocycles. The fourth-order valence-electron chi connectivity index (χ4n) is 5.05. The molecule has 1 aromatic heterocycles. The van der Waals surface area contributed by atoms with E-state index >= 15 is 0 Å². The van der Waals surface area contributed by atoms with Crippen molar-refractivity contribution >= 4 is 46.3 Å². The average Bonchev–Trinajstić information content (AvgIpc) is 3.01. The highest BCUT2D eigenvalue weighted by molar-refractivity contribution is 6.36. The summed E-state index contributed by atoms with van der Waals surface area (Å²) in [5.41, 5.74) is 8.76. The SMILES string of the molecule is O=C(O)CCNC(=O)c1ccc(-c2cc(C3=CCCCC3)ccc2CNc2ccc(-c3ccc(Cl)cc3Cl)cc2)cn1. The zero-order valence-corrected chi connectivity index (χ0v) is 24.5. The summed E-state index contributed by atoms with van der Waals surface area (Å²) in [6.45, 7) is 0.644. The zero-order chi connectivity index (χ0) is 29.5. The molecule has 6 nitrogen and oxygen atoms in total. The molecular formula is C34H31Cl2N3O3. The van der Waals surface area contributed by atoms with E-state index in [9.17, 15) is 9.59 Å². The van der Waals surface area contributed by atoms with E-state index in [-0.39, 0.29) is 18.7 Å². The number of anilines is 1. The number of carboxylic acid groups (broad SMARTS) is 1. The third-order valence-corrected chi connectivity index (χ3v) is 7.86. The molecule has 5 rings (SSSR count). The van der Waals surface area contributed by atoms with Crippen LogP contribution in [0.25, 0.3) is 27.8 Å². The number of hydrogen-bond donors (Lipinski definition) is 3. The molecule has 3 aromatic carbocycles. The minimum absolute atomic E-state index is 0.0539. The highest BCUT2D eigenvalue weighted by atomic mass is 35.5. The third kappa shape index (κ3) is 7.38. The number of nitrogens with zero attached hydrogens (tertiary/aromatic N) is 1. The van der Waals surface area contributed by atoms with E-state index in [2.05, 4.69) is 39.9 Å². The van der Waals surface area contributed by atoms with Crippen LogP contribution in [-0.4, -0.2) is 28.5 Å². The molecule has 8 heteroatoms. The molecule has 0 radical (unpaired) electrons. The summed E-state index contributed by atoms with van der Waals surface area (Å²) in [6, 6.07) is 23.7. The smallest absolute Gasteiger partial charge is 0.305 e. The number of rotatable bonds is 10. The fraction of sp³-hybridized carbons (Fsp3) is 0.206. The predicted molar refractivity (Wildman–Crippen MR) is 170 cm³/mol. The molecule has 42 heavy (non-hydrogen) atoms. The lowest BCUT2D eigenvalue weighted by Gasteiger charge is -2.17. The van der Waals surface area contributed by atoms with Crippen LogP contribution in [-0.2, 0) is 11.3 Å². The van der Waals surface area contributed by atoms with E-state index in [0.717, 1.165) is 46.3 Å². The van der Waals surface area contributed by atoms with Gasteiger partial charge in [-0.1, -0.05) is 65.7 Å². The van der Waals surface area contributed by atoms with Gasteiger partial charge in [-0.2, -0.15) is 0 Å². The second-order valence-corrected chi connectivity index (χ2v) is 11.1. The summed E-state index contributed by atoms with van der Waals surface area (Å²) >= 11 is 12.4. The summed E-state index contributed by atoms with van der Waals surface area (Å²) in [4.78, 5) is 27.6. The first-order valence-electron chi connectivity index (χ1n) is 14.0. The highest BCUT2D eigenvalue weighted by Crippen LogP contribution is 2.33. The Morgan fingerprint density at radius 1 is 0.857 bits per heavy atom. The molecular weight excluding hydrogens is 569 g/mol. The number of halogens is 2. The van der Waals surface area contributed by atoms with Crippen molar-refractivity contribution in [3.05, 3.63) is 112 Å². The van der Waals surface area contributed by atoms with Crippen LogP contribution in [0, 0.1) is 0 Å². The Hall–Kier alpha value is -4.13. The predicted octanol–water partition coefficient (Wildman–Crippen LogP) is 8.50. The van der Waals surface area contributed by atoms with Gasteiger partial charge in [-0.05, 0) is 89.9 Å². The van der Waals surface area contributed by atoms with Gasteiger partial charge in [0.05, 0.1) is 6.42 Å². The maximum Gasteiger partial charge on any atom is 0.305 e. The molecule has 4 aromatic rings. The summed E-state index contributed by atoms with van der Waals surface area (Å²) in [5.74, 6) is -1.36. The molecule has 3 N–H and O–H groups in total. The molecule has 0 aliphatic heterocycles. The molecule has 0 spiro atoms. The van der Waals surface area contributed by atoms with Gasteiger partial charge >= 0.3 is 5.97 Å². The second kappa shape index (κ2) is 13.7. The van der Waals surface area contributed by atoms with Crippen molar-refractivity contribution in [2.45, 2.75) is 38.6 Å². The van der Waals surface area contributed by atoms with Crippen molar-refractivity contribution in [1.29, 1.82) is 0 Å². The van der Waals surface area contributed by atoms with Crippen molar-refractivity contribution in [3.63, 3.8) is 0 Å². The summed E-state index contributed by atoms with van der Waals surface area (Å²) in [5, 5.41) is 16.2. The molecule has 1 amide bonds. The molecule has 0 saturated carbocycles. The van der Waals surface area contributed by atoms with Crippen molar-refractivity contribution in [1.82, 2.24) is 10.3 Å². The number of aliphatic carboxylic acids is 1. The Bertz CT molecular complexity index is 1620. The van der Waals surface area contributed by atoms with E-state index in [1.807, 2.05) is 42.5 Å². The van der Waals surface area contributed by atoms with Gasteiger partial charge in [0.25, 0.3) is 5.91 Å². The van der Waals surface area contributed by atoms with E-state index in [1.165, 1.54) is 24.0 Å². The topological polar surface area (TPSA) is 91.3 Å². The number of hydrogen-bond acceptors (Lipinski definition) is 4. The van der Waals surface area contributed by atoms with Crippen molar-refractivity contribution < 1.29 is 14.7 Å². The van der Waals surface area contributed by atoms with E-state index in [1.54, 1.807) is 18.3 Å². The number of pyridine rings is 1. The van der Waals surface area contributed by atoms with Crippen LogP contribution in [0.1, 0.15) is 53.7 Å². The number of nitrogens with one attached hydrogen (secondary N) is 2. The first kappa shape index (κ1) is 29.4. The summed E-state index contributed by atoms with van der Waals surface area (Å²) in [7, 11) is 0. The molecule has 1 aliphatic rings. The Balaban J connectivity index is 1.36. The van der Waals surface area contributed by atoms with Crippen LogP contribution >= 0.6 is 23.2 Å². The fourth-order valence-corrected chi connectivity index (χ4v) is 5.57. The number of benzene rings is 3. The number of aromatic nitrogens is 1. The van der Waals surface area contributed by atoms with E-state index in [4.69, 9.17) is 28.3 Å². The number of allylic oxidation sites excluding steroid dienone is 2. The maximum absolute atomic E-state index is 12.4.